The molecule has 0 aliphatic carbocycles. The van der Waals surface area contributed by atoms with Gasteiger partial charge in [0.2, 0.25) is 0 Å². The standard InChI is InChI=1S/C22H24N2O3/c1-3-26-20-11-10-18(15-21(20)27-4-2)14-19(16-23)22(25)24-13-12-17-8-6-5-7-9-17/h5-11,14-15H,3-4,12-13H2,1-2H3,(H,24,25)/b19-14+. The van der Waals surface area contributed by atoms with Crippen molar-refractivity contribution in [2.24, 2.45) is 0 Å². The van der Waals surface area contributed by atoms with E-state index in [1.54, 1.807) is 24.3 Å². The Hall–Kier alpha value is -3.26. The number of ether oxygens (including phenoxy) is 2. The number of amides is 1. The van der Waals surface area contributed by atoms with Crippen LogP contribution in [0.25, 0.3) is 6.08 Å². The molecule has 0 bridgehead atoms. The van der Waals surface area contributed by atoms with Crippen molar-refractivity contribution in [3.05, 3.63) is 65.2 Å². The van der Waals surface area contributed by atoms with Gasteiger partial charge in [0.1, 0.15) is 11.6 Å². The smallest absolute Gasteiger partial charge is 0.261 e. The Morgan fingerprint density at radius 3 is 2.44 bits per heavy atom. The van der Waals surface area contributed by atoms with Crippen LogP contribution in [0.15, 0.2) is 54.1 Å². The van der Waals surface area contributed by atoms with Crippen LogP contribution in [0.5, 0.6) is 11.5 Å². The molecular formula is C22H24N2O3. The number of benzene rings is 2. The molecule has 0 unspecified atom stereocenters. The molecule has 0 radical (unpaired) electrons. The van der Waals surface area contributed by atoms with E-state index in [4.69, 9.17) is 9.47 Å². The SMILES string of the molecule is CCOc1ccc(/C=C(\C#N)C(=O)NCCc2ccccc2)cc1OCC. The maximum Gasteiger partial charge on any atom is 0.261 e. The van der Waals surface area contributed by atoms with Gasteiger partial charge < -0.3 is 14.8 Å². The molecule has 5 heteroatoms. The van der Waals surface area contributed by atoms with E-state index >= 15 is 0 Å². The molecule has 0 atom stereocenters. The van der Waals surface area contributed by atoms with E-state index in [1.807, 2.05) is 50.2 Å². The third kappa shape index (κ3) is 6.19. The molecule has 0 aliphatic heterocycles. The minimum Gasteiger partial charge on any atom is -0.490 e. The number of carbonyl (C=O) groups excluding carboxylic acids is 1. The zero-order chi connectivity index (χ0) is 19.5. The van der Waals surface area contributed by atoms with Crippen molar-refractivity contribution in [3.63, 3.8) is 0 Å². The highest BCUT2D eigenvalue weighted by molar-refractivity contribution is 6.01. The fraction of sp³-hybridized carbons (Fsp3) is 0.273. The number of rotatable bonds is 9. The molecule has 0 saturated heterocycles. The number of nitrogens with zero attached hydrogens (tertiary/aromatic N) is 1. The third-order valence-electron chi connectivity index (χ3n) is 3.79. The molecule has 2 rings (SSSR count). The lowest BCUT2D eigenvalue weighted by Gasteiger charge is -2.11. The van der Waals surface area contributed by atoms with Gasteiger partial charge in [0.25, 0.3) is 5.91 Å². The molecule has 0 aliphatic rings. The van der Waals surface area contributed by atoms with Crippen molar-refractivity contribution < 1.29 is 14.3 Å². The second-order valence-electron chi connectivity index (χ2n) is 5.73. The van der Waals surface area contributed by atoms with E-state index in [0.717, 1.165) is 5.56 Å². The Bertz CT molecular complexity index is 823. The largest absolute Gasteiger partial charge is 0.490 e. The number of nitriles is 1. The lowest BCUT2D eigenvalue weighted by molar-refractivity contribution is -0.117. The van der Waals surface area contributed by atoms with E-state index in [9.17, 15) is 10.1 Å². The third-order valence-corrected chi connectivity index (χ3v) is 3.79. The van der Waals surface area contributed by atoms with Crippen LogP contribution in [-0.4, -0.2) is 25.7 Å². The summed E-state index contributed by atoms with van der Waals surface area (Å²) in [6, 6.07) is 17.2. The van der Waals surface area contributed by atoms with Gasteiger partial charge in [0.15, 0.2) is 11.5 Å². The van der Waals surface area contributed by atoms with E-state index in [-0.39, 0.29) is 11.5 Å². The number of nitrogens with one attached hydrogen (secondary N) is 1. The molecule has 140 valence electrons. The van der Waals surface area contributed by atoms with Crippen LogP contribution in [-0.2, 0) is 11.2 Å². The highest BCUT2D eigenvalue weighted by atomic mass is 16.5. The minimum absolute atomic E-state index is 0.0506. The minimum atomic E-state index is -0.389. The fourth-order valence-electron chi connectivity index (χ4n) is 2.53. The van der Waals surface area contributed by atoms with Gasteiger partial charge >= 0.3 is 0 Å². The van der Waals surface area contributed by atoms with Crippen LogP contribution >= 0.6 is 0 Å². The second-order valence-corrected chi connectivity index (χ2v) is 5.73. The quantitative estimate of drug-likeness (QED) is 0.543. The highest BCUT2D eigenvalue weighted by Gasteiger charge is 2.10. The molecule has 0 saturated carbocycles. The molecule has 0 spiro atoms. The summed E-state index contributed by atoms with van der Waals surface area (Å²) >= 11 is 0. The van der Waals surface area contributed by atoms with Gasteiger partial charge in [-0.1, -0.05) is 36.4 Å². The van der Waals surface area contributed by atoms with Gasteiger partial charge in [0.05, 0.1) is 13.2 Å². The van der Waals surface area contributed by atoms with Crippen molar-refractivity contribution in [2.45, 2.75) is 20.3 Å². The fourth-order valence-corrected chi connectivity index (χ4v) is 2.53. The maximum atomic E-state index is 12.3. The van der Waals surface area contributed by atoms with Gasteiger partial charge in [-0.3, -0.25) is 4.79 Å². The summed E-state index contributed by atoms with van der Waals surface area (Å²) in [5.74, 6) is 0.845. The molecule has 27 heavy (non-hydrogen) atoms. The first-order chi connectivity index (χ1) is 13.2. The lowest BCUT2D eigenvalue weighted by atomic mass is 10.1. The summed E-state index contributed by atoms with van der Waals surface area (Å²) in [5, 5.41) is 12.1. The van der Waals surface area contributed by atoms with Crippen molar-refractivity contribution in [1.82, 2.24) is 5.32 Å². The Morgan fingerprint density at radius 2 is 1.78 bits per heavy atom. The first-order valence-electron chi connectivity index (χ1n) is 9.01. The molecular weight excluding hydrogens is 340 g/mol. The van der Waals surface area contributed by atoms with Crippen molar-refractivity contribution in [1.29, 1.82) is 5.26 Å². The average Bonchev–Trinajstić information content (AvgIpc) is 2.69. The molecule has 0 aromatic heterocycles. The zero-order valence-corrected chi connectivity index (χ0v) is 15.7. The van der Waals surface area contributed by atoms with Crippen LogP contribution in [0.3, 0.4) is 0 Å². The van der Waals surface area contributed by atoms with Gasteiger partial charge in [-0.05, 0) is 49.6 Å². The summed E-state index contributed by atoms with van der Waals surface area (Å²) in [6.07, 6.45) is 2.26. The Kier molecular flexibility index (Phi) is 7.92. The predicted molar refractivity (Wildman–Crippen MR) is 106 cm³/mol. The second kappa shape index (κ2) is 10.7. The van der Waals surface area contributed by atoms with E-state index < -0.39 is 0 Å². The van der Waals surface area contributed by atoms with E-state index in [1.165, 1.54) is 0 Å². The molecule has 1 amide bonds. The van der Waals surface area contributed by atoms with Crippen LogP contribution < -0.4 is 14.8 Å². The summed E-state index contributed by atoms with van der Waals surface area (Å²) in [7, 11) is 0. The van der Waals surface area contributed by atoms with Gasteiger partial charge in [-0.2, -0.15) is 5.26 Å². The predicted octanol–water partition coefficient (Wildman–Crippen LogP) is 3.75. The van der Waals surface area contributed by atoms with Gasteiger partial charge in [-0.25, -0.2) is 0 Å². The topological polar surface area (TPSA) is 71.3 Å². The number of hydrogen-bond acceptors (Lipinski definition) is 4. The molecule has 0 heterocycles. The first-order valence-corrected chi connectivity index (χ1v) is 9.01. The van der Waals surface area contributed by atoms with Crippen LogP contribution in [0.2, 0.25) is 0 Å². The summed E-state index contributed by atoms with van der Waals surface area (Å²) in [5.41, 5.74) is 1.89. The zero-order valence-electron chi connectivity index (χ0n) is 15.7. The maximum absolute atomic E-state index is 12.3. The van der Waals surface area contributed by atoms with Gasteiger partial charge in [0, 0.05) is 6.54 Å². The van der Waals surface area contributed by atoms with Crippen LogP contribution in [0.4, 0.5) is 0 Å². The van der Waals surface area contributed by atoms with Gasteiger partial charge in [-0.15, -0.1) is 0 Å². The molecule has 2 aromatic carbocycles. The first kappa shape index (κ1) is 20.1. The van der Waals surface area contributed by atoms with Crippen molar-refractivity contribution in [2.75, 3.05) is 19.8 Å². The Morgan fingerprint density at radius 1 is 1.07 bits per heavy atom. The Balaban J connectivity index is 2.06. The molecule has 1 N–H and O–H groups in total. The van der Waals surface area contributed by atoms with Crippen molar-refractivity contribution in [3.8, 4) is 17.6 Å². The van der Waals surface area contributed by atoms with Crippen LogP contribution in [0, 0.1) is 11.3 Å². The monoisotopic (exact) mass is 364 g/mol. The highest BCUT2D eigenvalue weighted by Crippen LogP contribution is 2.29. The summed E-state index contributed by atoms with van der Waals surface area (Å²) in [4.78, 5) is 12.3. The average molecular weight is 364 g/mol. The Labute approximate surface area is 160 Å². The van der Waals surface area contributed by atoms with E-state index in [2.05, 4.69) is 5.32 Å². The normalized spacial score (nSPS) is 10.8. The lowest BCUT2D eigenvalue weighted by Crippen LogP contribution is -2.26. The summed E-state index contributed by atoms with van der Waals surface area (Å²) in [6.45, 7) is 5.28. The number of carbonyl (C=O) groups is 1. The molecule has 2 aromatic rings. The molecule has 5 nitrogen and oxygen atoms in total. The van der Waals surface area contributed by atoms with Crippen LogP contribution in [0.1, 0.15) is 25.0 Å². The van der Waals surface area contributed by atoms with Crippen molar-refractivity contribution >= 4 is 12.0 Å². The summed E-state index contributed by atoms with van der Waals surface area (Å²) < 4.78 is 11.1. The van der Waals surface area contributed by atoms with E-state index in [0.29, 0.717) is 43.2 Å². The number of hydrogen-bond donors (Lipinski definition) is 1. The molecule has 0 fully saturated rings.